The van der Waals surface area contributed by atoms with E-state index >= 15 is 0 Å². The van der Waals surface area contributed by atoms with Gasteiger partial charge in [0.25, 0.3) is 11.5 Å². The molecule has 256 valence electrons. The first-order valence-corrected chi connectivity index (χ1v) is 17.5. The van der Waals surface area contributed by atoms with E-state index in [0.29, 0.717) is 41.0 Å². The fourth-order valence-corrected chi connectivity index (χ4v) is 8.60. The first kappa shape index (κ1) is 30.8. The maximum absolute atomic E-state index is 13.1. The van der Waals surface area contributed by atoms with Crippen molar-refractivity contribution >= 4 is 40.0 Å². The van der Waals surface area contributed by atoms with Crippen LogP contribution >= 0.6 is 0 Å². The molecule has 9 rings (SSSR count). The van der Waals surface area contributed by atoms with Gasteiger partial charge in [-0.05, 0) is 98.3 Å². The topological polar surface area (TPSA) is 137 Å². The molecule has 1 atom stereocenters. The number of carbonyl (C=O) groups is 3. The number of ether oxygens (including phenoxy) is 1. The summed E-state index contributed by atoms with van der Waals surface area (Å²) in [5.74, 6) is -0.763. The van der Waals surface area contributed by atoms with E-state index in [-0.39, 0.29) is 41.6 Å². The molecule has 4 fully saturated rings. The molecule has 12 nitrogen and oxygen atoms in total. The number of hydrogen-bond donors (Lipinski definition) is 2. The summed E-state index contributed by atoms with van der Waals surface area (Å²) in [7, 11) is 0. The number of hydrogen-bond acceptors (Lipinski definition) is 9. The molecule has 0 radical (unpaired) electrons. The fourth-order valence-electron chi connectivity index (χ4n) is 8.60. The lowest BCUT2D eigenvalue weighted by molar-refractivity contribution is -0.137. The normalized spacial score (nSPS) is 22.1. The number of amides is 3. The number of phenols is 1. The molecule has 5 aliphatic rings. The maximum atomic E-state index is 13.1. The van der Waals surface area contributed by atoms with Gasteiger partial charge in [-0.25, -0.2) is 4.98 Å². The highest BCUT2D eigenvalue weighted by Crippen LogP contribution is 2.51. The van der Waals surface area contributed by atoms with Gasteiger partial charge < -0.3 is 24.5 Å². The van der Waals surface area contributed by atoms with Gasteiger partial charge in [-0.2, -0.15) is 0 Å². The van der Waals surface area contributed by atoms with Crippen LogP contribution in [0.2, 0.25) is 0 Å². The third-order valence-corrected chi connectivity index (χ3v) is 11.3. The van der Waals surface area contributed by atoms with Crippen LogP contribution in [0.5, 0.6) is 5.75 Å². The molecule has 1 spiro atoms. The smallest absolute Gasteiger partial charge is 0.265 e. The van der Waals surface area contributed by atoms with Crippen molar-refractivity contribution in [3.8, 4) is 11.4 Å². The van der Waals surface area contributed by atoms with Gasteiger partial charge in [0.15, 0.2) is 0 Å². The number of anilines is 2. The number of fused-ring (bicyclic) bond motifs is 2. The van der Waals surface area contributed by atoms with Crippen LogP contribution in [-0.2, 0) is 20.9 Å². The largest absolute Gasteiger partial charge is 0.508 e. The summed E-state index contributed by atoms with van der Waals surface area (Å²) in [6.07, 6.45) is 6.78. The summed E-state index contributed by atoms with van der Waals surface area (Å²) in [6.45, 7) is 4.18. The monoisotopic (exact) mass is 674 g/mol. The van der Waals surface area contributed by atoms with Gasteiger partial charge >= 0.3 is 0 Å². The minimum absolute atomic E-state index is 0.0402. The zero-order chi connectivity index (χ0) is 34.1. The number of piperidine rings is 2. The molecule has 12 heteroatoms. The Labute approximate surface area is 288 Å². The van der Waals surface area contributed by atoms with Crippen molar-refractivity contribution in [3.63, 3.8) is 0 Å². The Morgan fingerprint density at radius 2 is 1.56 bits per heavy atom. The molecule has 1 unspecified atom stereocenters. The molecule has 1 aliphatic carbocycles. The van der Waals surface area contributed by atoms with E-state index in [1.165, 1.54) is 23.0 Å². The third-order valence-electron chi connectivity index (χ3n) is 11.3. The lowest BCUT2D eigenvalue weighted by Gasteiger charge is -2.60. The number of imide groups is 1. The molecule has 4 aliphatic heterocycles. The Hall–Kier alpha value is -5.23. The second-order valence-corrected chi connectivity index (χ2v) is 14.6. The van der Waals surface area contributed by atoms with Crippen molar-refractivity contribution in [3.05, 3.63) is 88.5 Å². The number of benzene rings is 3. The van der Waals surface area contributed by atoms with Crippen molar-refractivity contribution in [1.29, 1.82) is 0 Å². The first-order chi connectivity index (χ1) is 24.2. The van der Waals surface area contributed by atoms with Crippen molar-refractivity contribution in [2.24, 2.45) is 5.41 Å². The average Bonchev–Trinajstić information content (AvgIpc) is 3.41. The maximum Gasteiger partial charge on any atom is 0.265 e. The van der Waals surface area contributed by atoms with Gasteiger partial charge in [-0.15, -0.1) is 0 Å². The Bertz CT molecular complexity index is 2090. The van der Waals surface area contributed by atoms with Crippen LogP contribution in [0.1, 0.15) is 54.4 Å². The van der Waals surface area contributed by atoms with Crippen LogP contribution in [0.25, 0.3) is 16.6 Å². The SMILES string of the molecule is O=C1CCC(N2Cc3cc(N4CC5(CC(OC6CCN(c7ccc(-n8cnc9ccc(O)cc9c8=O)cc7)CC6)C5)C4)ccc3C2=O)C(=O)N1. The summed E-state index contributed by atoms with van der Waals surface area (Å²) < 4.78 is 8.07. The van der Waals surface area contributed by atoms with E-state index in [9.17, 15) is 24.3 Å². The Morgan fingerprint density at radius 1 is 0.820 bits per heavy atom. The lowest BCUT2D eigenvalue weighted by atomic mass is 9.61. The highest BCUT2D eigenvalue weighted by molar-refractivity contribution is 6.05. The number of phenolic OH excluding ortho intramolecular Hbond substituents is 1. The van der Waals surface area contributed by atoms with Gasteiger partial charge in [-0.3, -0.25) is 29.1 Å². The standard InChI is InChI=1S/C38H38N6O6/c45-27-6-8-32-31(16-27)37(49)44(22-39-32)25-3-1-24(2-4-25)41-13-11-28(12-14-41)50-29-17-38(18-29)20-42(21-38)26-5-7-30-23(15-26)19-43(36(30)48)33-9-10-34(46)40-35(33)47/h1-8,15-16,22,28-29,33,45H,9-14,17-21H2,(H,40,46,47). The van der Waals surface area contributed by atoms with E-state index in [1.54, 1.807) is 11.0 Å². The van der Waals surface area contributed by atoms with Crippen LogP contribution in [0.15, 0.2) is 71.8 Å². The molecule has 3 aromatic carbocycles. The molecule has 1 saturated carbocycles. The highest BCUT2D eigenvalue weighted by atomic mass is 16.5. The quantitative estimate of drug-likeness (QED) is 0.295. The number of carbonyl (C=O) groups excluding carboxylic acids is 3. The second kappa shape index (κ2) is 11.7. The highest BCUT2D eigenvalue weighted by Gasteiger charge is 2.53. The molecule has 1 aromatic heterocycles. The Morgan fingerprint density at radius 3 is 2.32 bits per heavy atom. The summed E-state index contributed by atoms with van der Waals surface area (Å²) in [5.41, 5.74) is 5.16. The van der Waals surface area contributed by atoms with E-state index < -0.39 is 6.04 Å². The number of aromatic nitrogens is 2. The predicted molar refractivity (Wildman–Crippen MR) is 185 cm³/mol. The van der Waals surface area contributed by atoms with Crippen LogP contribution in [0.3, 0.4) is 0 Å². The molecule has 2 N–H and O–H groups in total. The van der Waals surface area contributed by atoms with Crippen LogP contribution in [0.4, 0.5) is 11.4 Å². The number of rotatable bonds is 6. The molecule has 0 bridgehead atoms. The number of nitrogens with zero attached hydrogens (tertiary/aromatic N) is 5. The zero-order valence-corrected chi connectivity index (χ0v) is 27.6. The first-order valence-electron chi connectivity index (χ1n) is 17.5. The van der Waals surface area contributed by atoms with Crippen molar-refractivity contribution < 1.29 is 24.2 Å². The van der Waals surface area contributed by atoms with Crippen molar-refractivity contribution in [2.75, 3.05) is 36.0 Å². The third kappa shape index (κ3) is 5.29. The van der Waals surface area contributed by atoms with E-state index in [2.05, 4.69) is 26.2 Å². The van der Waals surface area contributed by atoms with Crippen LogP contribution in [-0.4, -0.2) is 81.7 Å². The van der Waals surface area contributed by atoms with Gasteiger partial charge in [0.2, 0.25) is 11.8 Å². The second-order valence-electron chi connectivity index (χ2n) is 14.6. The summed E-state index contributed by atoms with van der Waals surface area (Å²) in [5, 5.41) is 12.6. The molecule has 3 amide bonds. The van der Waals surface area contributed by atoms with Gasteiger partial charge in [0.1, 0.15) is 18.1 Å². The van der Waals surface area contributed by atoms with Crippen LogP contribution < -0.4 is 20.7 Å². The summed E-state index contributed by atoms with van der Waals surface area (Å²) in [6, 6.07) is 18.0. The molecular formula is C38H38N6O6. The minimum atomic E-state index is -0.597. The summed E-state index contributed by atoms with van der Waals surface area (Å²) >= 11 is 0. The number of aromatic hydroxyl groups is 1. The molecule has 4 aromatic rings. The van der Waals surface area contributed by atoms with Gasteiger partial charge in [0, 0.05) is 61.5 Å². The molecular weight excluding hydrogens is 636 g/mol. The number of nitrogens with one attached hydrogen (secondary N) is 1. The average molecular weight is 675 g/mol. The molecule has 3 saturated heterocycles. The van der Waals surface area contributed by atoms with Gasteiger partial charge in [-0.1, -0.05) is 0 Å². The fraction of sp³-hybridized carbons (Fsp3) is 0.395. The van der Waals surface area contributed by atoms with E-state index in [0.717, 1.165) is 74.5 Å². The van der Waals surface area contributed by atoms with Crippen molar-refractivity contribution in [2.45, 2.75) is 63.3 Å². The van der Waals surface area contributed by atoms with Crippen molar-refractivity contribution in [1.82, 2.24) is 19.8 Å². The minimum Gasteiger partial charge on any atom is -0.508 e. The lowest BCUT2D eigenvalue weighted by Crippen LogP contribution is -2.64. The van der Waals surface area contributed by atoms with E-state index in [4.69, 9.17) is 4.74 Å². The van der Waals surface area contributed by atoms with E-state index in [1.807, 2.05) is 36.4 Å². The molecule has 5 heterocycles. The Kier molecular flexibility index (Phi) is 7.20. The summed E-state index contributed by atoms with van der Waals surface area (Å²) in [4.78, 5) is 60.8. The zero-order valence-electron chi connectivity index (χ0n) is 27.6. The molecule has 50 heavy (non-hydrogen) atoms. The predicted octanol–water partition coefficient (Wildman–Crippen LogP) is 3.51. The Balaban J connectivity index is 0.746. The van der Waals surface area contributed by atoms with Crippen LogP contribution in [0, 0.1) is 5.41 Å². The van der Waals surface area contributed by atoms with Gasteiger partial charge in [0.05, 0.1) is 28.8 Å².